The molecule has 2 N–H and O–H groups in total. The topological polar surface area (TPSA) is 44.5 Å². The Morgan fingerprint density at radius 1 is 1.44 bits per heavy atom. The first kappa shape index (κ1) is 12.6. The summed E-state index contributed by atoms with van der Waals surface area (Å²) < 4.78 is 10.7. The minimum absolute atomic E-state index is 0.0397. The number of nitrogens with two attached hydrogens (primary N) is 1. The van der Waals surface area contributed by atoms with Crippen molar-refractivity contribution in [1.82, 2.24) is 0 Å². The third kappa shape index (κ3) is 3.00. The third-order valence-corrected chi connectivity index (χ3v) is 2.34. The van der Waals surface area contributed by atoms with Gasteiger partial charge < -0.3 is 15.2 Å². The van der Waals surface area contributed by atoms with Crippen molar-refractivity contribution in [3.63, 3.8) is 0 Å². The molecule has 1 aromatic rings. The van der Waals surface area contributed by atoms with E-state index in [1.165, 1.54) is 0 Å². The van der Waals surface area contributed by atoms with Crippen molar-refractivity contribution < 1.29 is 9.47 Å². The zero-order valence-electron chi connectivity index (χ0n) is 9.90. The highest BCUT2D eigenvalue weighted by Crippen LogP contribution is 2.30. The van der Waals surface area contributed by atoms with Gasteiger partial charge in [0.2, 0.25) is 0 Å². The van der Waals surface area contributed by atoms with E-state index in [9.17, 15) is 0 Å². The third-order valence-electron chi connectivity index (χ3n) is 2.34. The van der Waals surface area contributed by atoms with E-state index in [0.717, 1.165) is 23.5 Å². The molecule has 1 atom stereocenters. The summed E-state index contributed by atoms with van der Waals surface area (Å²) >= 11 is 0. The van der Waals surface area contributed by atoms with Crippen molar-refractivity contribution in [1.29, 1.82) is 0 Å². The molecule has 0 fully saturated rings. The van der Waals surface area contributed by atoms with Crippen LogP contribution in [0.2, 0.25) is 0 Å². The number of methoxy groups -OCH3 is 1. The quantitative estimate of drug-likeness (QED) is 0.751. The Kier molecular flexibility index (Phi) is 4.86. The SMILES string of the molecule is C=CC[C@@H](N)c1ccc(OCC)c(OC)c1. The molecule has 3 nitrogen and oxygen atoms in total. The molecule has 0 heterocycles. The predicted octanol–water partition coefficient (Wildman–Crippen LogP) is 2.67. The summed E-state index contributed by atoms with van der Waals surface area (Å²) in [4.78, 5) is 0. The maximum absolute atomic E-state index is 5.99. The fraction of sp³-hybridized carbons (Fsp3) is 0.385. The zero-order chi connectivity index (χ0) is 12.0. The van der Waals surface area contributed by atoms with Gasteiger partial charge in [0.15, 0.2) is 11.5 Å². The van der Waals surface area contributed by atoms with Crippen molar-refractivity contribution in [2.75, 3.05) is 13.7 Å². The van der Waals surface area contributed by atoms with Gasteiger partial charge in [-0.3, -0.25) is 0 Å². The van der Waals surface area contributed by atoms with Crippen molar-refractivity contribution in [2.45, 2.75) is 19.4 Å². The van der Waals surface area contributed by atoms with Crippen LogP contribution in [0.25, 0.3) is 0 Å². The fourth-order valence-electron chi connectivity index (χ4n) is 1.51. The summed E-state index contributed by atoms with van der Waals surface area (Å²) in [7, 11) is 1.63. The maximum atomic E-state index is 5.99. The van der Waals surface area contributed by atoms with Crippen LogP contribution in [0.4, 0.5) is 0 Å². The largest absolute Gasteiger partial charge is 0.493 e. The number of ether oxygens (including phenoxy) is 2. The Bertz CT molecular complexity index is 350. The van der Waals surface area contributed by atoms with E-state index in [1.807, 2.05) is 31.2 Å². The van der Waals surface area contributed by atoms with Crippen LogP contribution in [-0.4, -0.2) is 13.7 Å². The van der Waals surface area contributed by atoms with E-state index in [-0.39, 0.29) is 6.04 Å². The lowest BCUT2D eigenvalue weighted by atomic mass is 10.0. The maximum Gasteiger partial charge on any atom is 0.161 e. The summed E-state index contributed by atoms with van der Waals surface area (Å²) in [6.07, 6.45) is 2.56. The first-order valence-electron chi connectivity index (χ1n) is 5.40. The van der Waals surface area contributed by atoms with Gasteiger partial charge in [0.1, 0.15) is 0 Å². The highest BCUT2D eigenvalue weighted by molar-refractivity contribution is 5.43. The molecule has 0 aliphatic rings. The van der Waals surface area contributed by atoms with Crippen LogP contribution in [-0.2, 0) is 0 Å². The van der Waals surface area contributed by atoms with Crippen molar-refractivity contribution in [3.8, 4) is 11.5 Å². The summed E-state index contributed by atoms with van der Waals surface area (Å²) in [5.74, 6) is 1.47. The van der Waals surface area contributed by atoms with E-state index >= 15 is 0 Å². The van der Waals surface area contributed by atoms with Crippen molar-refractivity contribution in [3.05, 3.63) is 36.4 Å². The molecular formula is C13H19NO2. The van der Waals surface area contributed by atoms with Crippen LogP contribution < -0.4 is 15.2 Å². The van der Waals surface area contributed by atoms with Gasteiger partial charge in [0, 0.05) is 6.04 Å². The Labute approximate surface area is 96.9 Å². The monoisotopic (exact) mass is 221 g/mol. The van der Waals surface area contributed by atoms with E-state index in [4.69, 9.17) is 15.2 Å². The lowest BCUT2D eigenvalue weighted by molar-refractivity contribution is 0.310. The molecule has 0 saturated carbocycles. The standard InChI is InChI=1S/C13H19NO2/c1-4-6-11(14)10-7-8-12(16-5-2)13(9-10)15-3/h4,7-9,11H,1,5-6,14H2,2-3H3/t11-/m1/s1. The lowest BCUT2D eigenvalue weighted by Crippen LogP contribution is -2.09. The minimum atomic E-state index is -0.0397. The molecule has 0 bridgehead atoms. The number of hydrogen-bond acceptors (Lipinski definition) is 3. The second-order valence-corrected chi connectivity index (χ2v) is 3.47. The summed E-state index contributed by atoms with van der Waals surface area (Å²) in [5.41, 5.74) is 7.01. The van der Waals surface area contributed by atoms with Crippen LogP contribution >= 0.6 is 0 Å². The molecule has 0 saturated heterocycles. The summed E-state index contributed by atoms with van der Waals surface area (Å²) in [6.45, 7) is 6.24. The Morgan fingerprint density at radius 3 is 2.75 bits per heavy atom. The van der Waals surface area contributed by atoms with Crippen LogP contribution in [0, 0.1) is 0 Å². The second-order valence-electron chi connectivity index (χ2n) is 3.47. The highest BCUT2D eigenvalue weighted by Gasteiger charge is 2.09. The molecule has 0 radical (unpaired) electrons. The molecule has 0 aliphatic carbocycles. The normalized spacial score (nSPS) is 11.9. The molecule has 0 amide bonds. The average Bonchev–Trinajstić information content (AvgIpc) is 2.30. The smallest absolute Gasteiger partial charge is 0.161 e. The lowest BCUT2D eigenvalue weighted by Gasteiger charge is -2.14. The van der Waals surface area contributed by atoms with Crippen molar-refractivity contribution in [2.24, 2.45) is 5.73 Å². The highest BCUT2D eigenvalue weighted by atomic mass is 16.5. The van der Waals surface area contributed by atoms with Gasteiger partial charge in [-0.2, -0.15) is 0 Å². The molecule has 3 heteroatoms. The van der Waals surface area contributed by atoms with E-state index < -0.39 is 0 Å². The molecule has 0 unspecified atom stereocenters. The van der Waals surface area contributed by atoms with Crippen LogP contribution in [0.3, 0.4) is 0 Å². The average molecular weight is 221 g/mol. The molecule has 16 heavy (non-hydrogen) atoms. The van der Waals surface area contributed by atoms with Gasteiger partial charge in [-0.15, -0.1) is 6.58 Å². The molecule has 1 rings (SSSR count). The van der Waals surface area contributed by atoms with Crippen LogP contribution in [0.1, 0.15) is 24.9 Å². The fourth-order valence-corrected chi connectivity index (χ4v) is 1.51. The Balaban J connectivity index is 2.93. The number of hydrogen-bond donors (Lipinski definition) is 1. The van der Waals surface area contributed by atoms with Gasteiger partial charge in [-0.1, -0.05) is 12.1 Å². The summed E-state index contributed by atoms with van der Waals surface area (Å²) in [6, 6.07) is 5.73. The summed E-state index contributed by atoms with van der Waals surface area (Å²) in [5, 5.41) is 0. The van der Waals surface area contributed by atoms with E-state index in [0.29, 0.717) is 6.61 Å². The van der Waals surface area contributed by atoms with E-state index in [2.05, 4.69) is 6.58 Å². The zero-order valence-corrected chi connectivity index (χ0v) is 9.90. The van der Waals surface area contributed by atoms with Crippen LogP contribution in [0.15, 0.2) is 30.9 Å². The van der Waals surface area contributed by atoms with Crippen molar-refractivity contribution >= 4 is 0 Å². The molecule has 0 aromatic heterocycles. The first-order valence-corrected chi connectivity index (χ1v) is 5.40. The number of rotatable bonds is 6. The number of benzene rings is 1. The molecule has 88 valence electrons. The second kappa shape index (κ2) is 6.18. The predicted molar refractivity (Wildman–Crippen MR) is 65.9 cm³/mol. The van der Waals surface area contributed by atoms with Crippen LogP contribution in [0.5, 0.6) is 11.5 Å². The molecule has 0 spiro atoms. The Hall–Kier alpha value is -1.48. The van der Waals surface area contributed by atoms with Gasteiger partial charge in [-0.25, -0.2) is 0 Å². The molecule has 1 aromatic carbocycles. The van der Waals surface area contributed by atoms with Gasteiger partial charge in [-0.05, 0) is 31.0 Å². The molecular weight excluding hydrogens is 202 g/mol. The van der Waals surface area contributed by atoms with Gasteiger partial charge in [0.05, 0.1) is 13.7 Å². The molecule has 0 aliphatic heterocycles. The van der Waals surface area contributed by atoms with Gasteiger partial charge >= 0.3 is 0 Å². The minimum Gasteiger partial charge on any atom is -0.493 e. The first-order chi connectivity index (χ1) is 7.72. The van der Waals surface area contributed by atoms with E-state index in [1.54, 1.807) is 7.11 Å². The van der Waals surface area contributed by atoms with Gasteiger partial charge in [0.25, 0.3) is 0 Å². The Morgan fingerprint density at radius 2 is 2.19 bits per heavy atom.